The third-order valence-corrected chi connectivity index (χ3v) is 7.78. The number of rotatable bonds is 10. The Kier molecular flexibility index (Phi) is 6.80. The quantitative estimate of drug-likeness (QED) is 0.464. The topological polar surface area (TPSA) is 111 Å². The first-order valence-electron chi connectivity index (χ1n) is 10.4. The maximum absolute atomic E-state index is 12.9. The molecule has 11 heteroatoms. The Hall–Kier alpha value is -3.18. The molecule has 1 aromatic heterocycles. The molecule has 0 unspecified atom stereocenters. The number of hydrogen-bond acceptors (Lipinski definition) is 8. The molecule has 0 spiro atoms. The summed E-state index contributed by atoms with van der Waals surface area (Å²) in [5.41, 5.74) is 0.460. The average molecular weight is 489 g/mol. The number of nitrogens with zero attached hydrogens (tertiary/aromatic N) is 3. The molecule has 1 aliphatic carbocycles. The van der Waals surface area contributed by atoms with E-state index >= 15 is 0 Å². The van der Waals surface area contributed by atoms with E-state index in [1.54, 1.807) is 36.4 Å². The first kappa shape index (κ1) is 23.0. The van der Waals surface area contributed by atoms with E-state index in [1.807, 2.05) is 6.92 Å². The lowest BCUT2D eigenvalue weighted by molar-refractivity contribution is -0.118. The normalized spacial score (nSPS) is 13.4. The minimum atomic E-state index is -3.74. The molecule has 1 aliphatic rings. The molecule has 9 nitrogen and oxygen atoms in total. The Morgan fingerprint density at radius 1 is 1.06 bits per heavy atom. The van der Waals surface area contributed by atoms with Crippen LogP contribution in [0.3, 0.4) is 0 Å². The molecule has 1 N–H and O–H groups in total. The van der Waals surface area contributed by atoms with Gasteiger partial charge in [-0.25, -0.2) is 8.42 Å². The van der Waals surface area contributed by atoms with Crippen LogP contribution in [0.1, 0.15) is 30.7 Å². The number of amides is 1. The highest BCUT2D eigenvalue weighted by atomic mass is 32.2. The van der Waals surface area contributed by atoms with Crippen LogP contribution in [0.4, 0.5) is 10.8 Å². The SMILES string of the molecule is CCOc1ccc(S(=O)(=O)N(C)c2ccc(OCC(=O)Nc3nnc(C4CC4)s3)cc2)cc1. The number of aromatic nitrogens is 2. The third kappa shape index (κ3) is 5.60. The molecule has 1 fully saturated rings. The van der Waals surface area contributed by atoms with Gasteiger partial charge in [0, 0.05) is 13.0 Å². The Labute approximate surface area is 196 Å². The lowest BCUT2D eigenvalue weighted by Gasteiger charge is -2.20. The van der Waals surface area contributed by atoms with Crippen LogP contribution >= 0.6 is 11.3 Å². The van der Waals surface area contributed by atoms with Crippen molar-refractivity contribution < 1.29 is 22.7 Å². The molecule has 0 atom stereocenters. The molecule has 3 aromatic rings. The number of anilines is 2. The minimum absolute atomic E-state index is 0.159. The van der Waals surface area contributed by atoms with E-state index in [4.69, 9.17) is 9.47 Å². The van der Waals surface area contributed by atoms with E-state index in [0.29, 0.717) is 34.8 Å². The van der Waals surface area contributed by atoms with Gasteiger partial charge in [0.2, 0.25) is 5.13 Å². The van der Waals surface area contributed by atoms with Gasteiger partial charge in [-0.05, 0) is 68.3 Å². The van der Waals surface area contributed by atoms with Gasteiger partial charge in [-0.2, -0.15) is 0 Å². The van der Waals surface area contributed by atoms with E-state index < -0.39 is 10.0 Å². The fourth-order valence-electron chi connectivity index (χ4n) is 3.01. The summed E-state index contributed by atoms with van der Waals surface area (Å²) >= 11 is 1.38. The molecule has 1 saturated carbocycles. The smallest absolute Gasteiger partial charge is 0.264 e. The highest BCUT2D eigenvalue weighted by Crippen LogP contribution is 2.42. The van der Waals surface area contributed by atoms with Crippen molar-refractivity contribution in [2.45, 2.75) is 30.6 Å². The summed E-state index contributed by atoms with van der Waals surface area (Å²) < 4.78 is 37.9. The van der Waals surface area contributed by atoms with Gasteiger partial charge in [-0.3, -0.25) is 14.4 Å². The average Bonchev–Trinajstić information content (AvgIpc) is 3.57. The van der Waals surface area contributed by atoms with Crippen molar-refractivity contribution in [3.05, 3.63) is 53.5 Å². The minimum Gasteiger partial charge on any atom is -0.494 e. The molecule has 1 amide bonds. The Balaban J connectivity index is 1.33. The number of nitrogens with one attached hydrogen (secondary N) is 1. The highest BCUT2D eigenvalue weighted by Gasteiger charge is 2.27. The predicted molar refractivity (Wildman–Crippen MR) is 126 cm³/mol. The summed E-state index contributed by atoms with van der Waals surface area (Å²) in [6, 6.07) is 12.7. The summed E-state index contributed by atoms with van der Waals surface area (Å²) in [5, 5.41) is 12.1. The molecule has 2 aromatic carbocycles. The van der Waals surface area contributed by atoms with Crippen molar-refractivity contribution in [2.75, 3.05) is 29.9 Å². The molecule has 0 bridgehead atoms. The zero-order valence-electron chi connectivity index (χ0n) is 18.2. The van der Waals surface area contributed by atoms with Gasteiger partial charge >= 0.3 is 0 Å². The van der Waals surface area contributed by atoms with Crippen molar-refractivity contribution in [1.82, 2.24) is 10.2 Å². The summed E-state index contributed by atoms with van der Waals surface area (Å²) in [5.74, 6) is 1.20. The number of ether oxygens (including phenoxy) is 2. The predicted octanol–water partition coefficient (Wildman–Crippen LogP) is 3.66. The molecule has 33 heavy (non-hydrogen) atoms. The fourth-order valence-corrected chi connectivity index (χ4v) is 5.13. The largest absolute Gasteiger partial charge is 0.494 e. The zero-order valence-corrected chi connectivity index (χ0v) is 19.9. The van der Waals surface area contributed by atoms with Crippen LogP contribution in [0, 0.1) is 0 Å². The van der Waals surface area contributed by atoms with Crippen LogP contribution in [0.5, 0.6) is 11.5 Å². The van der Waals surface area contributed by atoms with Gasteiger partial charge in [0.15, 0.2) is 6.61 Å². The van der Waals surface area contributed by atoms with E-state index in [2.05, 4.69) is 15.5 Å². The Bertz CT molecular complexity index is 1210. The van der Waals surface area contributed by atoms with Crippen LogP contribution < -0.4 is 19.1 Å². The van der Waals surface area contributed by atoms with Gasteiger partial charge in [0.1, 0.15) is 16.5 Å². The van der Waals surface area contributed by atoms with Gasteiger partial charge < -0.3 is 9.47 Å². The van der Waals surface area contributed by atoms with E-state index in [1.165, 1.54) is 34.8 Å². The van der Waals surface area contributed by atoms with E-state index in [-0.39, 0.29) is 17.4 Å². The Morgan fingerprint density at radius 3 is 2.33 bits per heavy atom. The second-order valence-corrected chi connectivity index (χ2v) is 10.4. The first-order chi connectivity index (χ1) is 15.9. The van der Waals surface area contributed by atoms with Crippen LogP contribution in [0.25, 0.3) is 0 Å². The second-order valence-electron chi connectivity index (χ2n) is 7.43. The van der Waals surface area contributed by atoms with E-state index in [9.17, 15) is 13.2 Å². The van der Waals surface area contributed by atoms with Crippen LogP contribution in [0.15, 0.2) is 53.4 Å². The number of carbonyl (C=O) groups excluding carboxylic acids is 1. The van der Waals surface area contributed by atoms with E-state index in [0.717, 1.165) is 17.8 Å². The van der Waals surface area contributed by atoms with Crippen molar-refractivity contribution in [1.29, 1.82) is 0 Å². The molecule has 174 valence electrons. The molecule has 0 saturated heterocycles. The molecule has 1 heterocycles. The monoisotopic (exact) mass is 488 g/mol. The summed E-state index contributed by atoms with van der Waals surface area (Å²) in [4.78, 5) is 12.3. The summed E-state index contributed by atoms with van der Waals surface area (Å²) in [6.07, 6.45) is 2.25. The first-order valence-corrected chi connectivity index (χ1v) is 12.7. The maximum atomic E-state index is 12.9. The molecule has 4 rings (SSSR count). The highest BCUT2D eigenvalue weighted by molar-refractivity contribution is 7.92. The van der Waals surface area contributed by atoms with Crippen molar-refractivity contribution in [2.24, 2.45) is 0 Å². The maximum Gasteiger partial charge on any atom is 0.264 e. The van der Waals surface area contributed by atoms with Gasteiger partial charge in [0.05, 0.1) is 17.2 Å². The third-order valence-electron chi connectivity index (χ3n) is 4.98. The molecule has 0 aliphatic heterocycles. The van der Waals surface area contributed by atoms with Gasteiger partial charge in [-0.1, -0.05) is 11.3 Å². The zero-order chi connectivity index (χ0) is 23.4. The van der Waals surface area contributed by atoms with Gasteiger partial charge in [-0.15, -0.1) is 10.2 Å². The van der Waals surface area contributed by atoms with Crippen molar-refractivity contribution in [3.63, 3.8) is 0 Å². The molecule has 0 radical (unpaired) electrons. The van der Waals surface area contributed by atoms with Crippen molar-refractivity contribution >= 4 is 38.1 Å². The fraction of sp³-hybridized carbons (Fsp3) is 0.318. The lowest BCUT2D eigenvalue weighted by Crippen LogP contribution is -2.26. The Morgan fingerprint density at radius 2 is 1.70 bits per heavy atom. The van der Waals surface area contributed by atoms with Crippen LogP contribution in [-0.2, 0) is 14.8 Å². The van der Waals surface area contributed by atoms with Crippen molar-refractivity contribution in [3.8, 4) is 11.5 Å². The standard InChI is InChI=1S/C22H24N4O5S2/c1-3-30-17-10-12-19(13-11-17)33(28,29)26(2)16-6-8-18(9-7-16)31-14-20(27)23-22-25-24-21(32-22)15-4-5-15/h6-13,15H,3-5,14H2,1-2H3,(H,23,25,27). The van der Waals surface area contributed by atoms with Crippen LogP contribution in [-0.4, -0.2) is 44.8 Å². The molecular weight excluding hydrogens is 464 g/mol. The lowest BCUT2D eigenvalue weighted by atomic mass is 10.3. The number of carbonyl (C=O) groups is 1. The van der Waals surface area contributed by atoms with Gasteiger partial charge in [0.25, 0.3) is 15.9 Å². The number of benzene rings is 2. The number of sulfonamides is 1. The molecular formula is C22H24N4O5S2. The summed E-state index contributed by atoms with van der Waals surface area (Å²) in [6.45, 7) is 2.17. The van der Waals surface area contributed by atoms with Crippen LogP contribution in [0.2, 0.25) is 0 Å². The summed E-state index contributed by atoms with van der Waals surface area (Å²) in [7, 11) is -2.26. The number of hydrogen-bond donors (Lipinski definition) is 1. The second kappa shape index (κ2) is 9.75.